The standard InChI is InChI=1S/C10H21NO4S/c1-3-14-10(15-4-2)8-6-5-7-9-11-16(12)13/h7,9-11H,3-6,8H2,1-2H3,(H,12,13)/p-1. The summed E-state index contributed by atoms with van der Waals surface area (Å²) in [5.41, 5.74) is 0. The van der Waals surface area contributed by atoms with E-state index in [2.05, 4.69) is 4.72 Å². The van der Waals surface area contributed by atoms with Crippen LogP contribution in [-0.2, 0) is 20.7 Å². The van der Waals surface area contributed by atoms with Crippen LogP contribution in [0.3, 0.4) is 0 Å². The second-order valence-corrected chi connectivity index (χ2v) is 3.73. The molecule has 1 N–H and O–H groups in total. The van der Waals surface area contributed by atoms with Crippen LogP contribution in [0.2, 0.25) is 0 Å². The molecule has 0 rings (SSSR count). The van der Waals surface area contributed by atoms with Crippen molar-refractivity contribution in [1.82, 2.24) is 4.72 Å². The van der Waals surface area contributed by atoms with Gasteiger partial charge in [-0.1, -0.05) is 6.08 Å². The molecular weight excluding hydrogens is 230 g/mol. The van der Waals surface area contributed by atoms with E-state index in [1.54, 1.807) is 6.08 Å². The van der Waals surface area contributed by atoms with E-state index in [4.69, 9.17) is 9.47 Å². The molecule has 6 heteroatoms. The summed E-state index contributed by atoms with van der Waals surface area (Å²) in [6, 6.07) is 0. The van der Waals surface area contributed by atoms with Crippen LogP contribution in [0.5, 0.6) is 0 Å². The molecular formula is C10H20NO4S-. The van der Waals surface area contributed by atoms with Crippen LogP contribution in [0.25, 0.3) is 0 Å². The zero-order valence-corrected chi connectivity index (χ0v) is 10.6. The lowest BCUT2D eigenvalue weighted by atomic mass is 10.2. The van der Waals surface area contributed by atoms with Gasteiger partial charge in [-0.05, 0) is 33.1 Å². The molecule has 0 heterocycles. The van der Waals surface area contributed by atoms with Crippen molar-refractivity contribution in [2.24, 2.45) is 0 Å². The highest BCUT2D eigenvalue weighted by Crippen LogP contribution is 2.07. The van der Waals surface area contributed by atoms with Crippen molar-refractivity contribution in [1.29, 1.82) is 0 Å². The van der Waals surface area contributed by atoms with Gasteiger partial charge >= 0.3 is 0 Å². The minimum Gasteiger partial charge on any atom is -0.755 e. The highest BCUT2D eigenvalue weighted by molar-refractivity contribution is 7.77. The molecule has 0 aliphatic rings. The van der Waals surface area contributed by atoms with Gasteiger partial charge in [0.15, 0.2) is 6.29 Å². The fourth-order valence-corrected chi connectivity index (χ4v) is 1.38. The summed E-state index contributed by atoms with van der Waals surface area (Å²) < 4.78 is 33.1. The van der Waals surface area contributed by atoms with E-state index in [0.29, 0.717) is 13.2 Å². The third-order valence-electron chi connectivity index (χ3n) is 1.80. The largest absolute Gasteiger partial charge is 0.755 e. The molecule has 1 atom stereocenters. The van der Waals surface area contributed by atoms with Crippen molar-refractivity contribution in [3.8, 4) is 0 Å². The molecule has 0 fully saturated rings. The van der Waals surface area contributed by atoms with Gasteiger partial charge in [-0.3, -0.25) is 4.21 Å². The van der Waals surface area contributed by atoms with Crippen molar-refractivity contribution >= 4 is 11.3 Å². The lowest BCUT2D eigenvalue weighted by Gasteiger charge is -2.16. The van der Waals surface area contributed by atoms with Crippen LogP contribution in [0.4, 0.5) is 0 Å². The van der Waals surface area contributed by atoms with Crippen LogP contribution in [0.15, 0.2) is 12.3 Å². The first kappa shape index (κ1) is 15.6. The molecule has 96 valence electrons. The minimum absolute atomic E-state index is 0.148. The van der Waals surface area contributed by atoms with Gasteiger partial charge in [0.25, 0.3) is 0 Å². The molecule has 5 nitrogen and oxygen atoms in total. The van der Waals surface area contributed by atoms with Crippen LogP contribution in [0.1, 0.15) is 33.1 Å². The fraction of sp³-hybridized carbons (Fsp3) is 0.800. The number of nitrogens with one attached hydrogen (secondary N) is 1. The van der Waals surface area contributed by atoms with Crippen LogP contribution < -0.4 is 4.72 Å². The van der Waals surface area contributed by atoms with E-state index in [1.165, 1.54) is 6.20 Å². The summed E-state index contributed by atoms with van der Waals surface area (Å²) >= 11 is -2.22. The topological polar surface area (TPSA) is 70.6 Å². The Morgan fingerprint density at radius 3 is 2.50 bits per heavy atom. The lowest BCUT2D eigenvalue weighted by molar-refractivity contribution is -0.139. The predicted octanol–water partition coefficient (Wildman–Crippen LogP) is 1.45. The molecule has 0 amide bonds. The Kier molecular flexibility index (Phi) is 10.8. The Labute approximate surface area is 99.6 Å². The van der Waals surface area contributed by atoms with Crippen molar-refractivity contribution in [2.75, 3.05) is 13.2 Å². The van der Waals surface area contributed by atoms with E-state index < -0.39 is 11.3 Å². The Bertz CT molecular complexity index is 205. The first-order valence-electron chi connectivity index (χ1n) is 5.44. The van der Waals surface area contributed by atoms with Gasteiger partial charge in [0.05, 0.1) is 0 Å². The van der Waals surface area contributed by atoms with E-state index in [1.807, 2.05) is 13.8 Å². The highest BCUT2D eigenvalue weighted by atomic mass is 32.2. The van der Waals surface area contributed by atoms with E-state index in [9.17, 15) is 8.76 Å². The molecule has 0 aromatic heterocycles. The van der Waals surface area contributed by atoms with Gasteiger partial charge in [0.1, 0.15) is 0 Å². The number of ether oxygens (including phenoxy) is 2. The van der Waals surface area contributed by atoms with Crippen LogP contribution >= 0.6 is 0 Å². The van der Waals surface area contributed by atoms with Crippen molar-refractivity contribution in [3.05, 3.63) is 12.3 Å². The van der Waals surface area contributed by atoms with Gasteiger partial charge in [0.2, 0.25) is 0 Å². The molecule has 0 radical (unpaired) electrons. The number of rotatable bonds is 10. The maximum Gasteiger partial charge on any atom is 0.157 e. The Morgan fingerprint density at radius 1 is 1.38 bits per heavy atom. The molecule has 0 aromatic rings. The molecule has 0 aliphatic heterocycles. The second kappa shape index (κ2) is 11.1. The summed E-state index contributed by atoms with van der Waals surface area (Å²) in [6.45, 7) is 5.13. The maximum atomic E-state index is 10.1. The zero-order chi connectivity index (χ0) is 12.2. The highest BCUT2D eigenvalue weighted by Gasteiger charge is 2.05. The predicted molar refractivity (Wildman–Crippen MR) is 62.1 cm³/mol. The molecule has 0 saturated heterocycles. The molecule has 1 unspecified atom stereocenters. The van der Waals surface area contributed by atoms with Crippen molar-refractivity contribution < 1.29 is 18.2 Å². The third kappa shape index (κ3) is 10.1. The average molecular weight is 250 g/mol. The lowest BCUT2D eigenvalue weighted by Crippen LogP contribution is -2.17. The van der Waals surface area contributed by atoms with E-state index >= 15 is 0 Å². The summed E-state index contributed by atoms with van der Waals surface area (Å²) in [4.78, 5) is 0. The zero-order valence-electron chi connectivity index (χ0n) is 9.81. The monoisotopic (exact) mass is 250 g/mol. The quantitative estimate of drug-likeness (QED) is 0.362. The maximum absolute atomic E-state index is 10.1. The Hall–Kier alpha value is -0.430. The molecule has 0 saturated carbocycles. The molecule has 0 spiro atoms. The number of allylic oxidation sites excluding steroid dienone is 1. The van der Waals surface area contributed by atoms with Crippen LogP contribution in [0, 0.1) is 0 Å². The van der Waals surface area contributed by atoms with Crippen molar-refractivity contribution in [3.63, 3.8) is 0 Å². The first-order chi connectivity index (χ1) is 7.70. The minimum atomic E-state index is -2.22. The molecule has 16 heavy (non-hydrogen) atoms. The van der Waals surface area contributed by atoms with Crippen molar-refractivity contribution in [2.45, 2.75) is 39.4 Å². The normalized spacial score (nSPS) is 13.5. The first-order valence-corrected chi connectivity index (χ1v) is 6.51. The Morgan fingerprint density at radius 2 is 2.00 bits per heavy atom. The molecule has 0 aliphatic carbocycles. The molecule has 0 bridgehead atoms. The fourth-order valence-electron chi connectivity index (χ4n) is 1.18. The average Bonchev–Trinajstić information content (AvgIpc) is 2.23. The van der Waals surface area contributed by atoms with Gasteiger partial charge in [0, 0.05) is 30.7 Å². The number of hydrogen-bond donors (Lipinski definition) is 1. The van der Waals surface area contributed by atoms with Gasteiger partial charge < -0.3 is 18.7 Å². The second-order valence-electron chi connectivity index (χ2n) is 3.03. The van der Waals surface area contributed by atoms with Crippen LogP contribution in [-0.4, -0.2) is 28.3 Å². The summed E-state index contributed by atoms with van der Waals surface area (Å²) in [5, 5.41) is 0. The summed E-state index contributed by atoms with van der Waals surface area (Å²) in [6.07, 6.45) is 5.54. The van der Waals surface area contributed by atoms with Gasteiger partial charge in [-0.25, -0.2) is 0 Å². The number of hydrogen-bond acceptors (Lipinski definition) is 4. The van der Waals surface area contributed by atoms with Gasteiger partial charge in [-0.2, -0.15) is 0 Å². The smallest absolute Gasteiger partial charge is 0.157 e. The Balaban J connectivity index is 3.53. The third-order valence-corrected chi connectivity index (χ3v) is 2.13. The van der Waals surface area contributed by atoms with E-state index in [-0.39, 0.29) is 6.29 Å². The van der Waals surface area contributed by atoms with Gasteiger partial charge in [-0.15, -0.1) is 0 Å². The number of unbranched alkanes of at least 4 members (excludes halogenated alkanes) is 1. The molecule has 0 aromatic carbocycles. The summed E-state index contributed by atoms with van der Waals surface area (Å²) in [7, 11) is 0. The SMILES string of the molecule is CCOC(CCCC=CNS(=O)[O-])OCC. The summed E-state index contributed by atoms with van der Waals surface area (Å²) in [5.74, 6) is 0. The van der Waals surface area contributed by atoms with E-state index in [0.717, 1.165) is 19.3 Å².